The summed E-state index contributed by atoms with van der Waals surface area (Å²) in [4.78, 5) is 4.28. The van der Waals surface area contributed by atoms with Gasteiger partial charge in [0.15, 0.2) is 0 Å². The number of aromatic nitrogens is 1. The molecule has 0 aliphatic heterocycles. The Kier molecular flexibility index (Phi) is 4.08. The molecule has 3 aromatic rings. The van der Waals surface area contributed by atoms with Crippen LogP contribution >= 0.6 is 27.5 Å². The van der Waals surface area contributed by atoms with Gasteiger partial charge in [0, 0.05) is 16.1 Å². The molecular formula is C15H10BrClN2O2S. The summed E-state index contributed by atoms with van der Waals surface area (Å²) in [5.74, 6) is 0. The molecule has 0 saturated heterocycles. The first kappa shape index (κ1) is 15.3. The smallest absolute Gasteiger partial charge is 0.264 e. The van der Waals surface area contributed by atoms with Crippen LogP contribution in [0.4, 0.5) is 5.69 Å². The van der Waals surface area contributed by atoms with Gasteiger partial charge in [-0.1, -0.05) is 45.7 Å². The van der Waals surface area contributed by atoms with Crippen LogP contribution in [0.25, 0.3) is 10.9 Å². The van der Waals surface area contributed by atoms with E-state index in [1.54, 1.807) is 36.5 Å². The van der Waals surface area contributed by atoms with Gasteiger partial charge in [-0.05, 0) is 30.3 Å². The molecule has 0 saturated carbocycles. The molecule has 0 aliphatic carbocycles. The van der Waals surface area contributed by atoms with Crippen molar-refractivity contribution in [3.63, 3.8) is 0 Å². The summed E-state index contributed by atoms with van der Waals surface area (Å²) >= 11 is 9.35. The molecule has 3 rings (SSSR count). The van der Waals surface area contributed by atoms with E-state index >= 15 is 0 Å². The van der Waals surface area contributed by atoms with Gasteiger partial charge in [0.25, 0.3) is 10.0 Å². The first-order valence-electron chi connectivity index (χ1n) is 6.29. The van der Waals surface area contributed by atoms with Crippen LogP contribution < -0.4 is 4.72 Å². The summed E-state index contributed by atoms with van der Waals surface area (Å²) in [7, 11) is -3.79. The van der Waals surface area contributed by atoms with Crippen molar-refractivity contribution in [3.8, 4) is 0 Å². The fourth-order valence-corrected chi connectivity index (χ4v) is 4.10. The molecule has 1 aromatic heterocycles. The predicted octanol–water partition coefficient (Wildman–Crippen LogP) is 4.45. The maximum Gasteiger partial charge on any atom is 0.264 e. The lowest BCUT2D eigenvalue weighted by atomic mass is 10.2. The van der Waals surface area contributed by atoms with E-state index in [1.165, 1.54) is 6.07 Å². The van der Waals surface area contributed by atoms with Gasteiger partial charge in [-0.2, -0.15) is 0 Å². The van der Waals surface area contributed by atoms with E-state index in [0.29, 0.717) is 16.2 Å². The largest absolute Gasteiger partial charge is 0.278 e. The highest BCUT2D eigenvalue weighted by atomic mass is 79.9. The Morgan fingerprint density at radius 3 is 2.64 bits per heavy atom. The number of halogens is 2. The van der Waals surface area contributed by atoms with Gasteiger partial charge in [-0.25, -0.2) is 8.42 Å². The lowest BCUT2D eigenvalue weighted by Crippen LogP contribution is -2.14. The van der Waals surface area contributed by atoms with Crippen LogP contribution in [-0.2, 0) is 10.0 Å². The molecule has 0 atom stereocenters. The molecule has 4 nitrogen and oxygen atoms in total. The zero-order valence-corrected chi connectivity index (χ0v) is 14.3. The molecule has 0 fully saturated rings. The van der Waals surface area contributed by atoms with Gasteiger partial charge in [0.05, 0.1) is 16.2 Å². The van der Waals surface area contributed by atoms with Gasteiger partial charge >= 0.3 is 0 Å². The first-order valence-corrected chi connectivity index (χ1v) is 8.94. The second-order valence-electron chi connectivity index (χ2n) is 4.56. The van der Waals surface area contributed by atoms with Crippen molar-refractivity contribution in [2.24, 2.45) is 0 Å². The molecule has 0 bridgehead atoms. The molecule has 1 heterocycles. The number of pyridine rings is 1. The van der Waals surface area contributed by atoms with Crippen LogP contribution in [0.2, 0.25) is 5.02 Å². The van der Waals surface area contributed by atoms with Gasteiger partial charge < -0.3 is 0 Å². The summed E-state index contributed by atoms with van der Waals surface area (Å²) < 4.78 is 28.5. The summed E-state index contributed by atoms with van der Waals surface area (Å²) in [6.45, 7) is 0. The molecule has 1 N–H and O–H groups in total. The second-order valence-corrected chi connectivity index (χ2v) is 7.53. The van der Waals surface area contributed by atoms with Crippen LogP contribution in [0.5, 0.6) is 0 Å². The first-order chi connectivity index (χ1) is 10.5. The number of nitrogens with one attached hydrogen (secondary N) is 1. The molecule has 7 heteroatoms. The van der Waals surface area contributed by atoms with E-state index in [4.69, 9.17) is 11.6 Å². The fraction of sp³-hybridized carbons (Fsp3) is 0. The maximum atomic E-state index is 12.6. The minimum atomic E-state index is -3.79. The normalized spacial score (nSPS) is 11.5. The highest BCUT2D eigenvalue weighted by Crippen LogP contribution is 2.29. The summed E-state index contributed by atoms with van der Waals surface area (Å²) in [6, 6.07) is 13.5. The Morgan fingerprint density at radius 1 is 1.09 bits per heavy atom. The molecule has 112 valence electrons. The topological polar surface area (TPSA) is 59.1 Å². The van der Waals surface area contributed by atoms with Gasteiger partial charge in [-0.15, -0.1) is 0 Å². The molecule has 0 aliphatic rings. The van der Waals surface area contributed by atoms with Crippen LogP contribution in [0.15, 0.2) is 64.1 Å². The highest BCUT2D eigenvalue weighted by Gasteiger charge is 2.19. The Balaban J connectivity index is 2.09. The zero-order chi connectivity index (χ0) is 15.7. The number of fused-ring (bicyclic) bond motifs is 1. The van der Waals surface area contributed by atoms with Crippen LogP contribution in [-0.4, -0.2) is 13.4 Å². The van der Waals surface area contributed by atoms with E-state index in [9.17, 15) is 8.42 Å². The third kappa shape index (κ3) is 2.95. The van der Waals surface area contributed by atoms with Crippen molar-refractivity contribution in [1.29, 1.82) is 0 Å². The molecular weight excluding hydrogens is 388 g/mol. The average Bonchev–Trinajstić information content (AvgIpc) is 2.49. The second kappa shape index (κ2) is 5.87. The number of hydrogen-bond donors (Lipinski definition) is 1. The molecule has 0 amide bonds. The Bertz CT molecular complexity index is 955. The summed E-state index contributed by atoms with van der Waals surface area (Å²) in [5.41, 5.74) is 0.739. The number of hydrogen-bond acceptors (Lipinski definition) is 3. The molecule has 0 unspecified atom stereocenters. The number of rotatable bonds is 3. The highest BCUT2D eigenvalue weighted by molar-refractivity contribution is 9.10. The predicted molar refractivity (Wildman–Crippen MR) is 91.7 cm³/mol. The van der Waals surface area contributed by atoms with Crippen LogP contribution in [0.1, 0.15) is 0 Å². The van der Waals surface area contributed by atoms with Gasteiger partial charge in [0.2, 0.25) is 0 Å². The van der Waals surface area contributed by atoms with Crippen molar-refractivity contribution < 1.29 is 8.42 Å². The quantitative estimate of drug-likeness (QED) is 0.710. The Morgan fingerprint density at radius 2 is 1.86 bits per heavy atom. The number of benzene rings is 2. The van der Waals surface area contributed by atoms with Crippen molar-refractivity contribution in [1.82, 2.24) is 4.98 Å². The molecule has 0 radical (unpaired) electrons. The van der Waals surface area contributed by atoms with Gasteiger partial charge in [0.1, 0.15) is 4.90 Å². The zero-order valence-electron chi connectivity index (χ0n) is 11.1. The van der Waals surface area contributed by atoms with Crippen LogP contribution in [0, 0.1) is 0 Å². The van der Waals surface area contributed by atoms with E-state index in [0.717, 1.165) is 9.86 Å². The number of sulfonamides is 1. The minimum absolute atomic E-state index is 0.115. The summed E-state index contributed by atoms with van der Waals surface area (Å²) in [5, 5.41) is 1.07. The van der Waals surface area contributed by atoms with E-state index in [1.807, 2.05) is 12.1 Å². The fourth-order valence-electron chi connectivity index (χ4n) is 2.07. The average molecular weight is 398 g/mol. The SMILES string of the molecule is O=S(=O)(Nc1ccc(Br)cc1Cl)c1cccc2cccnc12. The van der Waals surface area contributed by atoms with Crippen LogP contribution in [0.3, 0.4) is 0 Å². The molecule has 0 spiro atoms. The third-order valence-corrected chi connectivity index (χ3v) is 5.26. The third-order valence-electron chi connectivity index (χ3n) is 3.06. The van der Waals surface area contributed by atoms with Crippen molar-refractivity contribution >= 4 is 54.1 Å². The van der Waals surface area contributed by atoms with E-state index < -0.39 is 10.0 Å². The molecule has 22 heavy (non-hydrogen) atoms. The minimum Gasteiger partial charge on any atom is -0.278 e. The number of para-hydroxylation sites is 1. The molecule has 2 aromatic carbocycles. The monoisotopic (exact) mass is 396 g/mol. The lowest BCUT2D eigenvalue weighted by Gasteiger charge is -2.11. The van der Waals surface area contributed by atoms with E-state index in [2.05, 4.69) is 25.6 Å². The Labute approximate surface area is 141 Å². The number of nitrogens with zero attached hydrogens (tertiary/aromatic N) is 1. The standard InChI is InChI=1S/C15H10BrClN2O2S/c16-11-6-7-13(12(17)9-11)19-22(20,21)14-5-1-3-10-4-2-8-18-15(10)14/h1-9,19H. The van der Waals surface area contributed by atoms with E-state index in [-0.39, 0.29) is 4.90 Å². The van der Waals surface area contributed by atoms with Crippen molar-refractivity contribution in [3.05, 3.63) is 64.2 Å². The van der Waals surface area contributed by atoms with Crippen molar-refractivity contribution in [2.75, 3.05) is 4.72 Å². The van der Waals surface area contributed by atoms with Gasteiger partial charge in [-0.3, -0.25) is 9.71 Å². The lowest BCUT2D eigenvalue weighted by molar-refractivity contribution is 0.602. The maximum absolute atomic E-state index is 12.6. The number of anilines is 1. The van der Waals surface area contributed by atoms with Crippen molar-refractivity contribution in [2.45, 2.75) is 4.90 Å². The summed E-state index contributed by atoms with van der Waals surface area (Å²) in [6.07, 6.45) is 1.56. The Hall–Kier alpha value is -1.63.